The van der Waals surface area contributed by atoms with Crippen molar-refractivity contribution in [1.29, 1.82) is 0 Å². The predicted octanol–water partition coefficient (Wildman–Crippen LogP) is 7.19. The summed E-state index contributed by atoms with van der Waals surface area (Å²) in [7, 11) is 1.44. The summed E-state index contributed by atoms with van der Waals surface area (Å²) >= 11 is 0. The van der Waals surface area contributed by atoms with Gasteiger partial charge in [-0.1, -0.05) is 54.6 Å². The van der Waals surface area contributed by atoms with Crippen LogP contribution >= 0.6 is 0 Å². The zero-order valence-corrected chi connectivity index (χ0v) is 23.0. The predicted molar refractivity (Wildman–Crippen MR) is 153 cm³/mol. The number of halogens is 4. The lowest BCUT2D eigenvalue weighted by atomic mass is 9.99. The molecule has 1 amide bonds. The van der Waals surface area contributed by atoms with Crippen LogP contribution in [0.25, 0.3) is 0 Å². The van der Waals surface area contributed by atoms with Crippen molar-refractivity contribution >= 4 is 17.3 Å². The van der Waals surface area contributed by atoms with Crippen molar-refractivity contribution in [1.82, 2.24) is 0 Å². The van der Waals surface area contributed by atoms with Crippen molar-refractivity contribution in [2.75, 3.05) is 23.9 Å². The van der Waals surface area contributed by atoms with Crippen LogP contribution in [0.4, 0.5) is 28.9 Å². The van der Waals surface area contributed by atoms with E-state index in [9.17, 15) is 18.0 Å². The van der Waals surface area contributed by atoms with Crippen LogP contribution < -0.4 is 16.0 Å². The van der Waals surface area contributed by atoms with Gasteiger partial charge in [0.1, 0.15) is 17.6 Å². The monoisotopic (exact) mass is 567 g/mol. The molecular formula is C32H33F4N3O2. The molecule has 0 aromatic heterocycles. The highest BCUT2D eigenvalue weighted by Crippen LogP contribution is 2.35. The number of alkyl halides is 3. The summed E-state index contributed by atoms with van der Waals surface area (Å²) in [4.78, 5) is 14.7. The number of allylic oxidation sites excluding steroid dienone is 2. The van der Waals surface area contributed by atoms with Gasteiger partial charge in [0.05, 0.1) is 17.9 Å². The van der Waals surface area contributed by atoms with Crippen molar-refractivity contribution < 1.29 is 27.1 Å². The number of benzene rings is 3. The Balaban J connectivity index is 1.68. The molecule has 1 saturated carbocycles. The number of hydrogen-bond donors (Lipinski definition) is 2. The number of anilines is 2. The zero-order chi connectivity index (χ0) is 29.7. The summed E-state index contributed by atoms with van der Waals surface area (Å²) in [6.07, 6.45) is -2.47. The molecule has 3 aromatic carbocycles. The molecule has 1 atom stereocenters. The smallest absolute Gasteiger partial charge is 0.368 e. The number of nitrogens with one attached hydrogen (secondary N) is 1. The van der Waals surface area contributed by atoms with Crippen LogP contribution in [0, 0.1) is 18.7 Å². The molecule has 4 rings (SSSR count). The summed E-state index contributed by atoms with van der Waals surface area (Å²) in [5.74, 6) is -1.21. The lowest BCUT2D eigenvalue weighted by Gasteiger charge is -2.24. The van der Waals surface area contributed by atoms with Gasteiger partial charge in [0, 0.05) is 19.3 Å². The fourth-order valence-electron chi connectivity index (χ4n) is 4.32. The van der Waals surface area contributed by atoms with Gasteiger partial charge in [-0.25, -0.2) is 4.39 Å². The van der Waals surface area contributed by atoms with Crippen LogP contribution in [0.2, 0.25) is 0 Å². The molecular weight excluding hydrogens is 534 g/mol. The Kier molecular flexibility index (Phi) is 9.30. The Bertz CT molecular complexity index is 1450. The quantitative estimate of drug-likeness (QED) is 0.146. The lowest BCUT2D eigenvalue weighted by molar-refractivity contribution is -0.113. The van der Waals surface area contributed by atoms with E-state index in [0.717, 1.165) is 29.5 Å². The number of hydrogen-bond acceptors (Lipinski definition) is 4. The Labute approximate surface area is 237 Å². The Morgan fingerprint density at radius 2 is 1.83 bits per heavy atom. The number of ether oxygens (including phenoxy) is 1. The first-order valence-corrected chi connectivity index (χ1v) is 13.3. The maximum atomic E-state index is 15.0. The first-order chi connectivity index (χ1) is 19.5. The summed E-state index contributed by atoms with van der Waals surface area (Å²) in [5, 5.41) is 2.47. The Morgan fingerprint density at radius 1 is 1.12 bits per heavy atom. The summed E-state index contributed by atoms with van der Waals surface area (Å²) in [5.41, 5.74) is 7.55. The topological polar surface area (TPSA) is 67.6 Å². The molecule has 0 aliphatic heterocycles. The average Bonchev–Trinajstić information content (AvgIpc) is 3.77. The van der Waals surface area contributed by atoms with Crippen LogP contribution in [0.5, 0.6) is 0 Å². The molecule has 41 heavy (non-hydrogen) atoms. The molecule has 9 heteroatoms. The molecule has 0 radical (unpaired) electrons. The number of carbonyl (C=O) groups excluding carboxylic acids is 1. The van der Waals surface area contributed by atoms with Gasteiger partial charge in [-0.3, -0.25) is 4.79 Å². The Hall–Kier alpha value is -3.95. The average molecular weight is 568 g/mol. The lowest BCUT2D eigenvalue weighted by Crippen LogP contribution is -2.29. The van der Waals surface area contributed by atoms with E-state index in [4.69, 9.17) is 10.5 Å². The second-order valence-electron chi connectivity index (χ2n) is 10.2. The van der Waals surface area contributed by atoms with Gasteiger partial charge in [0.25, 0.3) is 5.91 Å². The number of likely N-dealkylation sites (N-methyl/N-ethyl adjacent to an activating group) is 1. The van der Waals surface area contributed by atoms with Gasteiger partial charge in [0.2, 0.25) is 0 Å². The van der Waals surface area contributed by atoms with E-state index in [2.05, 4.69) is 11.9 Å². The van der Waals surface area contributed by atoms with E-state index in [1.54, 1.807) is 30.3 Å². The van der Waals surface area contributed by atoms with E-state index < -0.39 is 29.6 Å². The molecule has 1 unspecified atom stereocenters. The number of rotatable bonds is 11. The minimum atomic E-state index is -4.77. The number of nitrogens with zero attached hydrogens (tertiary/aromatic N) is 1. The van der Waals surface area contributed by atoms with Crippen molar-refractivity contribution in [3.8, 4) is 0 Å². The number of carbonyl (C=O) groups is 1. The van der Waals surface area contributed by atoms with E-state index in [-0.39, 0.29) is 17.9 Å². The standard InChI is InChI=1S/C32H33F4N3O2/c1-20-6-4-8-24(14-20)30(41-19-22-10-11-22)25-12-13-27(33)28(17-25)38-31(40)29(15-21(2)32(34,35)36)39(3)26-9-5-7-23(16-26)18-37/h4-9,12-17,22,30H,2,10-11,18-19,37H2,1,3H3,(H,38,40)/b29-15-. The van der Waals surface area contributed by atoms with E-state index in [1.807, 2.05) is 31.2 Å². The number of nitrogens with two attached hydrogens (primary N) is 1. The molecule has 0 saturated heterocycles. The van der Waals surface area contributed by atoms with Gasteiger partial charge in [-0.15, -0.1) is 0 Å². The SMILES string of the molecule is C=C(/C=C(/C(=O)Nc1cc(C(OCC2CC2)c2cccc(C)c2)ccc1F)N(C)c1cccc(CN)c1)C(F)(F)F. The molecule has 0 spiro atoms. The largest absolute Gasteiger partial charge is 0.415 e. The second-order valence-corrected chi connectivity index (χ2v) is 10.2. The van der Waals surface area contributed by atoms with Crippen LogP contribution in [0.3, 0.4) is 0 Å². The molecule has 3 aromatic rings. The third kappa shape index (κ3) is 7.83. The summed E-state index contributed by atoms with van der Waals surface area (Å²) < 4.78 is 61.6. The van der Waals surface area contributed by atoms with Gasteiger partial charge in [0.15, 0.2) is 0 Å². The zero-order valence-electron chi connectivity index (χ0n) is 23.0. The first-order valence-electron chi connectivity index (χ1n) is 13.3. The maximum Gasteiger partial charge on any atom is 0.415 e. The first kappa shape index (κ1) is 30.0. The van der Waals surface area contributed by atoms with Crippen molar-refractivity contribution in [3.05, 3.63) is 119 Å². The van der Waals surface area contributed by atoms with Crippen LogP contribution in [0.15, 0.2) is 90.7 Å². The Morgan fingerprint density at radius 3 is 2.49 bits per heavy atom. The van der Waals surface area contributed by atoms with E-state index in [1.165, 1.54) is 24.1 Å². The minimum Gasteiger partial charge on any atom is -0.368 e. The molecule has 1 aliphatic carbocycles. The molecule has 1 aliphatic rings. The molecule has 1 fully saturated rings. The van der Waals surface area contributed by atoms with Crippen LogP contribution in [-0.4, -0.2) is 25.7 Å². The van der Waals surface area contributed by atoms with E-state index in [0.29, 0.717) is 29.9 Å². The summed E-state index contributed by atoms with van der Waals surface area (Å²) in [6.45, 7) is 5.78. The van der Waals surface area contributed by atoms with Crippen molar-refractivity contribution in [2.24, 2.45) is 11.7 Å². The molecule has 0 bridgehead atoms. The van der Waals surface area contributed by atoms with Crippen LogP contribution in [0.1, 0.15) is 41.2 Å². The van der Waals surface area contributed by atoms with Gasteiger partial charge in [-0.2, -0.15) is 13.2 Å². The minimum absolute atomic E-state index is 0.187. The highest BCUT2D eigenvalue weighted by Gasteiger charge is 2.32. The van der Waals surface area contributed by atoms with Crippen LogP contribution in [-0.2, 0) is 16.1 Å². The van der Waals surface area contributed by atoms with Crippen molar-refractivity contribution in [3.63, 3.8) is 0 Å². The second kappa shape index (κ2) is 12.7. The highest BCUT2D eigenvalue weighted by atomic mass is 19.4. The third-order valence-corrected chi connectivity index (χ3v) is 6.88. The maximum absolute atomic E-state index is 15.0. The third-order valence-electron chi connectivity index (χ3n) is 6.88. The van der Waals surface area contributed by atoms with Gasteiger partial charge in [-0.05, 0) is 72.7 Å². The van der Waals surface area contributed by atoms with Gasteiger partial charge < -0.3 is 20.7 Å². The molecule has 0 heterocycles. The highest BCUT2D eigenvalue weighted by molar-refractivity contribution is 6.06. The fraction of sp³-hybridized carbons (Fsp3) is 0.281. The number of amides is 1. The number of aryl methyl sites for hydroxylation is 1. The van der Waals surface area contributed by atoms with E-state index >= 15 is 4.39 Å². The summed E-state index contributed by atoms with van der Waals surface area (Å²) in [6, 6.07) is 18.7. The fourth-order valence-corrected chi connectivity index (χ4v) is 4.32. The molecule has 5 nitrogen and oxygen atoms in total. The normalized spacial score (nSPS) is 14.5. The molecule has 3 N–H and O–H groups in total. The van der Waals surface area contributed by atoms with Gasteiger partial charge >= 0.3 is 6.18 Å². The van der Waals surface area contributed by atoms with Crippen molar-refractivity contribution in [2.45, 2.75) is 38.6 Å². The molecule has 216 valence electrons.